The number of imidazole rings is 1. The van der Waals surface area contributed by atoms with Crippen LogP contribution in [-0.2, 0) is 17.7 Å². The van der Waals surface area contributed by atoms with Crippen LogP contribution in [0, 0.1) is 5.41 Å². The lowest BCUT2D eigenvalue weighted by Crippen LogP contribution is -2.41. The van der Waals surface area contributed by atoms with E-state index < -0.39 is 28.9 Å². The topological polar surface area (TPSA) is 169 Å². The molecular formula is C30H31N7O5. The van der Waals surface area contributed by atoms with E-state index in [1.807, 2.05) is 38.1 Å². The van der Waals surface area contributed by atoms with Crippen LogP contribution in [0.5, 0.6) is 0 Å². The number of amides is 2. The summed E-state index contributed by atoms with van der Waals surface area (Å²) in [6.45, 7) is 4.63. The number of carbonyl (C=O) groups excluding carboxylic acids is 2. The van der Waals surface area contributed by atoms with E-state index in [4.69, 9.17) is 10.5 Å². The minimum atomic E-state index is -1.57. The summed E-state index contributed by atoms with van der Waals surface area (Å²) in [5.74, 6) is -0.358. The second kappa shape index (κ2) is 9.13. The van der Waals surface area contributed by atoms with Gasteiger partial charge in [-0.25, -0.2) is 15.0 Å². The number of aliphatic hydroxyl groups is 2. The van der Waals surface area contributed by atoms with Gasteiger partial charge in [-0.3, -0.25) is 19.1 Å². The van der Waals surface area contributed by atoms with E-state index in [0.29, 0.717) is 35.3 Å². The molecule has 5 N–H and O–H groups in total. The maximum atomic E-state index is 12.9. The molecular weight excluding hydrogens is 538 g/mol. The van der Waals surface area contributed by atoms with Gasteiger partial charge in [0.25, 0.3) is 11.8 Å². The zero-order chi connectivity index (χ0) is 29.4. The van der Waals surface area contributed by atoms with Gasteiger partial charge in [-0.15, -0.1) is 0 Å². The van der Waals surface area contributed by atoms with Crippen molar-refractivity contribution in [3.05, 3.63) is 83.4 Å². The van der Waals surface area contributed by atoms with Crippen LogP contribution in [0.2, 0.25) is 0 Å². The molecule has 0 spiro atoms. The number of nitrogen functional groups attached to an aromatic ring is 1. The van der Waals surface area contributed by atoms with E-state index in [1.54, 1.807) is 28.8 Å². The molecule has 2 aromatic carbocycles. The molecule has 12 heteroatoms. The van der Waals surface area contributed by atoms with Crippen molar-refractivity contribution in [3.63, 3.8) is 0 Å². The number of nitrogens with two attached hydrogens (primary N) is 1. The van der Waals surface area contributed by atoms with Gasteiger partial charge < -0.3 is 26.0 Å². The van der Waals surface area contributed by atoms with Crippen LogP contribution in [0.3, 0.4) is 0 Å². The lowest BCUT2D eigenvalue weighted by atomic mass is 10.0. The van der Waals surface area contributed by atoms with Gasteiger partial charge in [0.1, 0.15) is 29.2 Å². The Morgan fingerprint density at radius 1 is 0.952 bits per heavy atom. The van der Waals surface area contributed by atoms with Crippen LogP contribution >= 0.6 is 0 Å². The summed E-state index contributed by atoms with van der Waals surface area (Å²) in [4.78, 5) is 39.6. The third-order valence-corrected chi connectivity index (χ3v) is 9.41. The highest BCUT2D eigenvalue weighted by Crippen LogP contribution is 2.75. The normalized spacial score (nSPS) is 27.5. The van der Waals surface area contributed by atoms with Crippen molar-refractivity contribution in [1.82, 2.24) is 29.7 Å². The molecule has 1 saturated carbocycles. The van der Waals surface area contributed by atoms with Crippen molar-refractivity contribution in [3.8, 4) is 0 Å². The number of aromatic nitrogens is 4. The van der Waals surface area contributed by atoms with Crippen LogP contribution < -0.4 is 11.1 Å². The number of nitrogens with one attached hydrogen (secondary N) is 1. The molecule has 0 radical (unpaired) electrons. The molecule has 4 aromatic rings. The molecule has 2 aliphatic heterocycles. The predicted octanol–water partition coefficient (Wildman–Crippen LogP) is 1.44. The number of ether oxygens (including phenoxy) is 1. The van der Waals surface area contributed by atoms with Crippen molar-refractivity contribution >= 4 is 28.8 Å². The Morgan fingerprint density at radius 3 is 2.33 bits per heavy atom. The summed E-state index contributed by atoms with van der Waals surface area (Å²) >= 11 is 0. The number of nitrogens with zero attached hydrogens (tertiary/aromatic N) is 5. The molecule has 2 fully saturated rings. The maximum absolute atomic E-state index is 12.9. The van der Waals surface area contributed by atoms with E-state index in [0.717, 1.165) is 11.1 Å². The number of imide groups is 1. The molecule has 0 bridgehead atoms. The van der Waals surface area contributed by atoms with Crippen molar-refractivity contribution in [2.24, 2.45) is 5.41 Å². The molecule has 12 nitrogen and oxygen atoms in total. The van der Waals surface area contributed by atoms with E-state index >= 15 is 0 Å². The first-order chi connectivity index (χ1) is 20.1. The predicted molar refractivity (Wildman–Crippen MR) is 151 cm³/mol. The standard InChI is InChI=1S/C30H31N7O5/c1-28(2)29(40)21(42-27(30(28,29)41)37-16-35-22-23(31)33-15-34-24(22)37)13-32-12-11-17-7-3-4-8-18(17)14-36-25(38)19-9-5-6-10-20(19)26(36)39/h3-10,15-16,21,27,32,40-41H,11-14H2,1-2H3,(H2,31,33,34)/t21-,27-,29-,30+/m1/s1. The van der Waals surface area contributed by atoms with Gasteiger partial charge in [0, 0.05) is 12.0 Å². The SMILES string of the molecule is CC1(C)[C@]2(O)[C@@H](CNCCc3ccccc3CN3C(=O)c4ccccc4C3=O)O[C@@H](n3cnc4c(N)ncnc43)[C@]12O. The largest absolute Gasteiger partial charge is 0.383 e. The molecule has 7 rings (SSSR count). The summed E-state index contributed by atoms with van der Waals surface area (Å²) < 4.78 is 7.85. The molecule has 42 heavy (non-hydrogen) atoms. The third-order valence-electron chi connectivity index (χ3n) is 9.41. The number of fused-ring (bicyclic) bond motifs is 3. The Bertz CT molecular complexity index is 1720. The molecule has 4 atom stereocenters. The number of benzene rings is 2. The van der Waals surface area contributed by atoms with Crippen LogP contribution in [0.25, 0.3) is 11.2 Å². The second-order valence-electron chi connectivity index (χ2n) is 11.7. The molecule has 3 aliphatic rings. The zero-order valence-corrected chi connectivity index (χ0v) is 23.2. The summed E-state index contributed by atoms with van der Waals surface area (Å²) in [7, 11) is 0. The summed E-state index contributed by atoms with van der Waals surface area (Å²) in [5.41, 5.74) is 5.56. The van der Waals surface area contributed by atoms with Gasteiger partial charge in [0.15, 0.2) is 17.7 Å². The zero-order valence-electron chi connectivity index (χ0n) is 23.2. The minimum absolute atomic E-state index is 0.184. The Hall–Kier alpha value is -4.23. The van der Waals surface area contributed by atoms with Gasteiger partial charge >= 0.3 is 0 Å². The van der Waals surface area contributed by atoms with Gasteiger partial charge in [-0.1, -0.05) is 50.2 Å². The van der Waals surface area contributed by atoms with Gasteiger partial charge in [0.2, 0.25) is 0 Å². The fraction of sp³-hybridized carbons (Fsp3) is 0.367. The van der Waals surface area contributed by atoms with Gasteiger partial charge in [-0.05, 0) is 36.2 Å². The summed E-state index contributed by atoms with van der Waals surface area (Å²) in [6.07, 6.45) is 1.79. The highest BCUT2D eigenvalue weighted by atomic mass is 16.6. The number of rotatable bonds is 8. The maximum Gasteiger partial charge on any atom is 0.261 e. The average Bonchev–Trinajstić information content (AvgIpc) is 3.42. The first kappa shape index (κ1) is 26.7. The molecule has 1 saturated heterocycles. The number of carbonyl (C=O) groups is 2. The summed E-state index contributed by atoms with van der Waals surface area (Å²) in [6, 6.07) is 14.6. The highest BCUT2D eigenvalue weighted by Gasteiger charge is 2.92. The molecule has 4 heterocycles. The van der Waals surface area contributed by atoms with Crippen LogP contribution in [0.15, 0.2) is 61.2 Å². The number of anilines is 1. The van der Waals surface area contributed by atoms with Crippen molar-refractivity contribution < 1.29 is 24.5 Å². The van der Waals surface area contributed by atoms with E-state index in [9.17, 15) is 19.8 Å². The average molecular weight is 570 g/mol. The number of hydrogen-bond acceptors (Lipinski definition) is 10. The number of hydrogen-bond donors (Lipinski definition) is 4. The second-order valence-corrected chi connectivity index (χ2v) is 11.7. The highest BCUT2D eigenvalue weighted by molar-refractivity contribution is 6.21. The fourth-order valence-corrected chi connectivity index (χ4v) is 6.86. The Labute approximate surface area is 241 Å². The van der Waals surface area contributed by atoms with Gasteiger partial charge in [0.05, 0.1) is 24.0 Å². The van der Waals surface area contributed by atoms with E-state index in [-0.39, 0.29) is 30.7 Å². The molecule has 216 valence electrons. The molecule has 2 aromatic heterocycles. The van der Waals surface area contributed by atoms with Gasteiger partial charge in [-0.2, -0.15) is 0 Å². The molecule has 0 unspecified atom stereocenters. The minimum Gasteiger partial charge on any atom is -0.383 e. The monoisotopic (exact) mass is 569 g/mol. The lowest BCUT2D eigenvalue weighted by Gasteiger charge is -2.28. The van der Waals surface area contributed by atoms with E-state index in [1.165, 1.54) is 17.6 Å². The van der Waals surface area contributed by atoms with Crippen LogP contribution in [0.1, 0.15) is 51.9 Å². The quantitative estimate of drug-likeness (QED) is 0.180. The Kier molecular flexibility index (Phi) is 5.80. The first-order valence-corrected chi connectivity index (χ1v) is 13.9. The van der Waals surface area contributed by atoms with Crippen LogP contribution in [-0.4, -0.2) is 76.8 Å². The lowest BCUT2D eigenvalue weighted by molar-refractivity contribution is -0.109. The smallest absolute Gasteiger partial charge is 0.261 e. The Balaban J connectivity index is 1.04. The molecule has 1 aliphatic carbocycles. The third kappa shape index (κ3) is 3.40. The Morgan fingerprint density at radius 2 is 1.62 bits per heavy atom. The van der Waals surface area contributed by atoms with Crippen molar-refractivity contribution in [1.29, 1.82) is 0 Å². The summed E-state index contributed by atoms with van der Waals surface area (Å²) in [5, 5.41) is 26.8. The van der Waals surface area contributed by atoms with Crippen LogP contribution in [0.4, 0.5) is 5.82 Å². The van der Waals surface area contributed by atoms with Crippen molar-refractivity contribution in [2.75, 3.05) is 18.8 Å². The van der Waals surface area contributed by atoms with Crippen molar-refractivity contribution in [2.45, 2.75) is 50.3 Å². The molecule has 2 amide bonds. The fourth-order valence-electron chi connectivity index (χ4n) is 6.86. The van der Waals surface area contributed by atoms with E-state index in [2.05, 4.69) is 20.3 Å². The first-order valence-electron chi connectivity index (χ1n) is 13.9.